The second-order valence-electron chi connectivity index (χ2n) is 5.13. The van der Waals surface area contributed by atoms with Gasteiger partial charge >= 0.3 is 0 Å². The van der Waals surface area contributed by atoms with Gasteiger partial charge in [-0.1, -0.05) is 18.5 Å². The topological polar surface area (TPSA) is 80.1 Å². The van der Waals surface area contributed by atoms with E-state index in [1.165, 1.54) is 6.39 Å². The molecule has 1 amide bonds. The molecule has 1 fully saturated rings. The molecule has 2 N–H and O–H groups in total. The van der Waals surface area contributed by atoms with Crippen LogP contribution in [0.25, 0.3) is 0 Å². The average molecular weight is 266 g/mol. The summed E-state index contributed by atoms with van der Waals surface area (Å²) in [6, 6.07) is 0. The molecule has 1 aromatic rings. The number of aromatic nitrogens is 2. The third-order valence-electron chi connectivity index (χ3n) is 3.81. The minimum atomic E-state index is -0.183. The van der Waals surface area contributed by atoms with Crippen molar-refractivity contribution < 1.29 is 9.32 Å². The van der Waals surface area contributed by atoms with Crippen molar-refractivity contribution in [2.75, 3.05) is 19.6 Å². The van der Waals surface area contributed by atoms with E-state index in [2.05, 4.69) is 32.2 Å². The first-order valence-corrected chi connectivity index (χ1v) is 7.01. The zero-order valence-corrected chi connectivity index (χ0v) is 11.4. The van der Waals surface area contributed by atoms with Crippen molar-refractivity contribution in [3.8, 4) is 0 Å². The highest BCUT2D eigenvalue weighted by Gasteiger charge is 2.38. The minimum absolute atomic E-state index is 0.180. The summed E-state index contributed by atoms with van der Waals surface area (Å²) < 4.78 is 4.66. The molecule has 0 aliphatic carbocycles. The molecular formula is C13H22N4O2. The summed E-state index contributed by atoms with van der Waals surface area (Å²) in [5.41, 5.74) is -0.183. The van der Waals surface area contributed by atoms with Gasteiger partial charge in [-0.05, 0) is 32.4 Å². The summed E-state index contributed by atoms with van der Waals surface area (Å²) in [5, 5.41) is 10.1. The van der Waals surface area contributed by atoms with E-state index in [9.17, 15) is 4.79 Å². The van der Waals surface area contributed by atoms with E-state index in [0.717, 1.165) is 38.8 Å². The van der Waals surface area contributed by atoms with Gasteiger partial charge in [-0.15, -0.1) is 0 Å². The molecule has 6 heteroatoms. The van der Waals surface area contributed by atoms with Crippen molar-refractivity contribution in [1.29, 1.82) is 0 Å². The van der Waals surface area contributed by atoms with Crippen LogP contribution in [0.5, 0.6) is 0 Å². The Bertz CT molecular complexity index is 380. The second kappa shape index (κ2) is 6.65. The van der Waals surface area contributed by atoms with Gasteiger partial charge in [-0.3, -0.25) is 4.79 Å². The van der Waals surface area contributed by atoms with Crippen LogP contribution in [-0.2, 0) is 11.2 Å². The first-order chi connectivity index (χ1) is 9.27. The van der Waals surface area contributed by atoms with Gasteiger partial charge in [0.1, 0.15) is 0 Å². The molecule has 2 heterocycles. The smallest absolute Gasteiger partial charge is 0.226 e. The third-order valence-corrected chi connectivity index (χ3v) is 3.81. The largest absolute Gasteiger partial charge is 0.355 e. The van der Waals surface area contributed by atoms with Crippen molar-refractivity contribution in [1.82, 2.24) is 20.8 Å². The molecule has 0 spiro atoms. The fraction of sp³-hybridized carbons (Fsp3) is 0.769. The van der Waals surface area contributed by atoms with Crippen LogP contribution in [-0.4, -0.2) is 35.7 Å². The maximum Gasteiger partial charge on any atom is 0.226 e. The Morgan fingerprint density at radius 1 is 1.53 bits per heavy atom. The maximum atomic E-state index is 12.4. The molecule has 0 bridgehead atoms. The summed E-state index contributed by atoms with van der Waals surface area (Å²) >= 11 is 0. The van der Waals surface area contributed by atoms with Crippen LogP contribution in [0.2, 0.25) is 0 Å². The van der Waals surface area contributed by atoms with Gasteiger partial charge < -0.3 is 15.2 Å². The van der Waals surface area contributed by atoms with E-state index >= 15 is 0 Å². The summed E-state index contributed by atoms with van der Waals surface area (Å²) in [7, 11) is 0. The number of carbonyl (C=O) groups is 1. The zero-order valence-electron chi connectivity index (χ0n) is 11.4. The van der Waals surface area contributed by atoms with E-state index in [4.69, 9.17) is 0 Å². The number of nitrogens with one attached hydrogen (secondary N) is 2. The van der Waals surface area contributed by atoms with Crippen LogP contribution in [0.4, 0.5) is 0 Å². The summed E-state index contributed by atoms with van der Waals surface area (Å²) in [6.07, 6.45) is 5.77. The molecule has 106 valence electrons. The Hall–Kier alpha value is -1.43. The van der Waals surface area contributed by atoms with Crippen LogP contribution < -0.4 is 10.6 Å². The van der Waals surface area contributed by atoms with Crippen LogP contribution in [0.3, 0.4) is 0 Å². The zero-order chi connectivity index (χ0) is 13.6. The van der Waals surface area contributed by atoms with Gasteiger partial charge in [0, 0.05) is 13.0 Å². The highest BCUT2D eigenvalue weighted by atomic mass is 16.5. The van der Waals surface area contributed by atoms with Crippen molar-refractivity contribution in [2.45, 2.75) is 39.0 Å². The standard InChI is InChI=1S/C13H22N4O2/c1-2-4-13(5-8-14-9-6-13)12(18)15-7-3-11-16-10-19-17-11/h10,14H,2-9H2,1H3,(H,15,18). The number of amides is 1. The lowest BCUT2D eigenvalue weighted by Crippen LogP contribution is -2.48. The van der Waals surface area contributed by atoms with Crippen molar-refractivity contribution >= 4 is 5.91 Å². The highest BCUT2D eigenvalue weighted by molar-refractivity contribution is 5.82. The molecule has 1 aliphatic heterocycles. The number of piperidine rings is 1. The monoisotopic (exact) mass is 266 g/mol. The Kier molecular flexibility index (Phi) is 4.90. The van der Waals surface area contributed by atoms with Gasteiger partial charge in [-0.2, -0.15) is 4.98 Å². The molecule has 0 unspecified atom stereocenters. The van der Waals surface area contributed by atoms with Crippen LogP contribution in [0.1, 0.15) is 38.4 Å². The van der Waals surface area contributed by atoms with Crippen LogP contribution in [0.15, 0.2) is 10.9 Å². The van der Waals surface area contributed by atoms with Gasteiger partial charge in [-0.25, -0.2) is 0 Å². The molecule has 0 atom stereocenters. The van der Waals surface area contributed by atoms with Gasteiger partial charge in [0.15, 0.2) is 5.82 Å². The molecular weight excluding hydrogens is 244 g/mol. The predicted molar refractivity (Wildman–Crippen MR) is 70.5 cm³/mol. The first-order valence-electron chi connectivity index (χ1n) is 7.01. The lowest BCUT2D eigenvalue weighted by molar-refractivity contribution is -0.133. The number of rotatable bonds is 6. The van der Waals surface area contributed by atoms with Crippen LogP contribution in [0, 0.1) is 5.41 Å². The molecule has 6 nitrogen and oxygen atoms in total. The fourth-order valence-corrected chi connectivity index (χ4v) is 2.75. The van der Waals surface area contributed by atoms with E-state index in [1.807, 2.05) is 0 Å². The summed E-state index contributed by atoms with van der Waals surface area (Å²) in [6.45, 7) is 4.56. The molecule has 1 aliphatic rings. The summed E-state index contributed by atoms with van der Waals surface area (Å²) in [4.78, 5) is 16.4. The molecule has 1 aromatic heterocycles. The van der Waals surface area contributed by atoms with E-state index in [-0.39, 0.29) is 11.3 Å². The Morgan fingerprint density at radius 2 is 2.32 bits per heavy atom. The Morgan fingerprint density at radius 3 is 2.95 bits per heavy atom. The van der Waals surface area contributed by atoms with Crippen molar-refractivity contribution in [3.05, 3.63) is 12.2 Å². The number of hydrogen-bond acceptors (Lipinski definition) is 5. The first kappa shape index (κ1) is 14.0. The number of hydrogen-bond donors (Lipinski definition) is 2. The molecule has 19 heavy (non-hydrogen) atoms. The SMILES string of the molecule is CCCC1(C(=O)NCCc2ncon2)CCNCC1. The van der Waals surface area contributed by atoms with E-state index < -0.39 is 0 Å². The Labute approximate surface area is 113 Å². The summed E-state index contributed by atoms with van der Waals surface area (Å²) in [5.74, 6) is 0.814. The molecule has 0 radical (unpaired) electrons. The molecule has 1 saturated heterocycles. The van der Waals surface area contributed by atoms with Gasteiger partial charge in [0.05, 0.1) is 5.41 Å². The van der Waals surface area contributed by atoms with E-state index in [0.29, 0.717) is 18.8 Å². The normalized spacial score (nSPS) is 18.2. The second-order valence-corrected chi connectivity index (χ2v) is 5.13. The quantitative estimate of drug-likeness (QED) is 0.799. The lowest BCUT2D eigenvalue weighted by Gasteiger charge is -2.36. The molecule has 0 saturated carbocycles. The van der Waals surface area contributed by atoms with Gasteiger partial charge in [0.25, 0.3) is 0 Å². The van der Waals surface area contributed by atoms with Gasteiger partial charge in [0.2, 0.25) is 12.3 Å². The van der Waals surface area contributed by atoms with Crippen LogP contribution >= 0.6 is 0 Å². The number of nitrogens with zero attached hydrogens (tertiary/aromatic N) is 2. The minimum Gasteiger partial charge on any atom is -0.355 e. The predicted octanol–water partition coefficient (Wildman–Crippen LogP) is 0.898. The van der Waals surface area contributed by atoms with Crippen molar-refractivity contribution in [3.63, 3.8) is 0 Å². The molecule has 2 rings (SSSR count). The number of carbonyl (C=O) groups excluding carboxylic acids is 1. The maximum absolute atomic E-state index is 12.4. The Balaban J connectivity index is 1.85. The average Bonchev–Trinajstić information content (AvgIpc) is 2.93. The highest BCUT2D eigenvalue weighted by Crippen LogP contribution is 2.34. The van der Waals surface area contributed by atoms with E-state index in [1.54, 1.807) is 0 Å². The lowest BCUT2D eigenvalue weighted by atomic mass is 9.74. The van der Waals surface area contributed by atoms with Crippen molar-refractivity contribution in [2.24, 2.45) is 5.41 Å². The fourth-order valence-electron chi connectivity index (χ4n) is 2.75. The third kappa shape index (κ3) is 3.53. The molecule has 0 aromatic carbocycles.